The molecule has 0 aliphatic heterocycles. The van der Waals surface area contributed by atoms with E-state index in [1.807, 2.05) is 34.6 Å². The van der Waals surface area contributed by atoms with Crippen LogP contribution < -0.4 is 15.2 Å². The largest absolute Gasteiger partial charge is 0.461 e. The van der Waals surface area contributed by atoms with E-state index in [2.05, 4.69) is 15.0 Å². The van der Waals surface area contributed by atoms with Crippen LogP contribution >= 0.6 is 0 Å². The van der Waals surface area contributed by atoms with Crippen molar-refractivity contribution in [1.82, 2.24) is 15.0 Å². The Morgan fingerprint density at radius 1 is 1.18 bits per heavy atom. The molecule has 0 aliphatic rings. The van der Waals surface area contributed by atoms with Gasteiger partial charge in [0.1, 0.15) is 5.60 Å². The topological polar surface area (TPSA) is 83.2 Å². The van der Waals surface area contributed by atoms with Crippen molar-refractivity contribution < 1.29 is 9.47 Å². The lowest BCUT2D eigenvalue weighted by molar-refractivity contribution is 0.0899. The van der Waals surface area contributed by atoms with Gasteiger partial charge in [-0.05, 0) is 34.1 Å². The second-order valence-electron chi connectivity index (χ2n) is 4.64. The van der Waals surface area contributed by atoms with Gasteiger partial charge < -0.3 is 15.2 Å². The number of hydrogen-bond donors (Lipinski definition) is 1. The molecule has 0 bridgehead atoms. The van der Waals surface area contributed by atoms with E-state index in [9.17, 15) is 0 Å². The standard InChI is InChI=1S/C11H20N4O2/c1-6-11(4,5)17-10-14-8(12)13-9(15-10)16-7(2)3/h7H,6H2,1-5H3,(H2,12,13,14,15). The molecule has 2 N–H and O–H groups in total. The van der Waals surface area contributed by atoms with Crippen molar-refractivity contribution >= 4 is 5.95 Å². The molecule has 0 spiro atoms. The van der Waals surface area contributed by atoms with Crippen molar-refractivity contribution in [3.8, 4) is 12.0 Å². The predicted molar refractivity (Wildman–Crippen MR) is 65.0 cm³/mol. The number of ether oxygens (including phenoxy) is 2. The van der Waals surface area contributed by atoms with E-state index in [1.165, 1.54) is 0 Å². The van der Waals surface area contributed by atoms with E-state index < -0.39 is 0 Å². The van der Waals surface area contributed by atoms with Crippen molar-refractivity contribution in [2.45, 2.75) is 52.7 Å². The molecule has 17 heavy (non-hydrogen) atoms. The van der Waals surface area contributed by atoms with Crippen molar-refractivity contribution in [2.75, 3.05) is 5.73 Å². The van der Waals surface area contributed by atoms with E-state index in [1.54, 1.807) is 0 Å². The number of rotatable bonds is 5. The van der Waals surface area contributed by atoms with Crippen LogP contribution in [-0.2, 0) is 0 Å². The molecule has 6 nitrogen and oxygen atoms in total. The highest BCUT2D eigenvalue weighted by molar-refractivity contribution is 5.20. The lowest BCUT2D eigenvalue weighted by atomic mass is 10.1. The van der Waals surface area contributed by atoms with Gasteiger partial charge in [0.25, 0.3) is 0 Å². The minimum atomic E-state index is -0.344. The third-order valence-corrected chi connectivity index (χ3v) is 2.17. The molecule has 96 valence electrons. The molecule has 0 saturated heterocycles. The summed E-state index contributed by atoms with van der Waals surface area (Å²) >= 11 is 0. The lowest BCUT2D eigenvalue weighted by Gasteiger charge is -2.23. The van der Waals surface area contributed by atoms with Crippen LogP contribution in [0, 0.1) is 0 Å². The van der Waals surface area contributed by atoms with Gasteiger partial charge in [0.05, 0.1) is 6.10 Å². The molecule has 1 aromatic heterocycles. The molecule has 1 heterocycles. The van der Waals surface area contributed by atoms with Crippen molar-refractivity contribution in [3.63, 3.8) is 0 Å². The van der Waals surface area contributed by atoms with Gasteiger partial charge in [-0.2, -0.15) is 9.97 Å². The molecule has 0 radical (unpaired) electrons. The first-order valence-electron chi connectivity index (χ1n) is 5.69. The Labute approximate surface area is 102 Å². The van der Waals surface area contributed by atoms with E-state index >= 15 is 0 Å². The number of anilines is 1. The Bertz CT molecular complexity index is 380. The minimum absolute atomic E-state index is 0.0242. The Balaban J connectivity index is 2.89. The third kappa shape index (κ3) is 4.42. The number of nitrogen functional groups attached to an aromatic ring is 1. The van der Waals surface area contributed by atoms with Crippen LogP contribution in [0.4, 0.5) is 5.95 Å². The maximum Gasteiger partial charge on any atom is 0.324 e. The van der Waals surface area contributed by atoms with Crippen molar-refractivity contribution in [1.29, 1.82) is 0 Å². The van der Waals surface area contributed by atoms with Crippen LogP contribution in [0.25, 0.3) is 0 Å². The van der Waals surface area contributed by atoms with Gasteiger partial charge in [0.15, 0.2) is 0 Å². The summed E-state index contributed by atoms with van der Waals surface area (Å²) in [5.74, 6) is 0.0950. The number of nitrogens with two attached hydrogens (primary N) is 1. The minimum Gasteiger partial charge on any atom is -0.461 e. The average molecular weight is 240 g/mol. The Morgan fingerprint density at radius 2 is 1.76 bits per heavy atom. The summed E-state index contributed by atoms with van der Waals surface area (Å²) in [6.07, 6.45) is 0.808. The summed E-state index contributed by atoms with van der Waals surface area (Å²) in [5, 5.41) is 0. The highest BCUT2D eigenvalue weighted by atomic mass is 16.5. The highest BCUT2D eigenvalue weighted by Crippen LogP contribution is 2.19. The fourth-order valence-corrected chi connectivity index (χ4v) is 0.981. The summed E-state index contributed by atoms with van der Waals surface area (Å²) in [6, 6.07) is 0.384. The van der Waals surface area contributed by atoms with Crippen LogP contribution in [0.5, 0.6) is 12.0 Å². The fourth-order valence-electron chi connectivity index (χ4n) is 0.981. The summed E-state index contributed by atoms with van der Waals surface area (Å²) in [4.78, 5) is 11.9. The third-order valence-electron chi connectivity index (χ3n) is 2.17. The lowest BCUT2D eigenvalue weighted by Crippen LogP contribution is -2.28. The molecule has 0 unspecified atom stereocenters. The normalized spacial score (nSPS) is 11.6. The molecular formula is C11H20N4O2. The summed E-state index contributed by atoms with van der Waals surface area (Å²) in [5.41, 5.74) is 5.23. The second kappa shape index (κ2) is 5.16. The van der Waals surface area contributed by atoms with Gasteiger partial charge in [-0.15, -0.1) is 4.98 Å². The zero-order valence-corrected chi connectivity index (χ0v) is 11.0. The average Bonchev–Trinajstić information content (AvgIpc) is 2.14. The van der Waals surface area contributed by atoms with Crippen LogP contribution in [0.15, 0.2) is 0 Å². The number of aromatic nitrogens is 3. The van der Waals surface area contributed by atoms with E-state index in [4.69, 9.17) is 15.2 Å². The van der Waals surface area contributed by atoms with Crippen LogP contribution in [0.3, 0.4) is 0 Å². The van der Waals surface area contributed by atoms with Gasteiger partial charge in [0.2, 0.25) is 5.95 Å². The molecule has 6 heteroatoms. The number of hydrogen-bond acceptors (Lipinski definition) is 6. The SMILES string of the molecule is CCC(C)(C)Oc1nc(N)nc(OC(C)C)n1. The zero-order chi connectivity index (χ0) is 13.1. The molecule has 1 rings (SSSR count). The maximum atomic E-state index is 5.63. The van der Waals surface area contributed by atoms with Crippen LogP contribution in [-0.4, -0.2) is 26.7 Å². The molecule has 0 amide bonds. The first-order valence-corrected chi connectivity index (χ1v) is 5.69. The van der Waals surface area contributed by atoms with E-state index in [-0.39, 0.29) is 29.7 Å². The zero-order valence-electron chi connectivity index (χ0n) is 11.0. The fraction of sp³-hybridized carbons (Fsp3) is 0.727. The highest BCUT2D eigenvalue weighted by Gasteiger charge is 2.20. The van der Waals surface area contributed by atoms with Gasteiger partial charge in [0, 0.05) is 0 Å². The first kappa shape index (κ1) is 13.5. The predicted octanol–water partition coefficient (Wildman–Crippen LogP) is 1.81. The molecule has 1 aromatic rings. The summed E-state index contributed by atoms with van der Waals surface area (Å²) in [6.45, 7) is 9.70. The molecule has 0 aromatic carbocycles. The molecule has 0 atom stereocenters. The van der Waals surface area contributed by atoms with Crippen molar-refractivity contribution in [2.24, 2.45) is 0 Å². The van der Waals surface area contributed by atoms with Gasteiger partial charge in [-0.25, -0.2) is 0 Å². The van der Waals surface area contributed by atoms with Crippen LogP contribution in [0.2, 0.25) is 0 Å². The van der Waals surface area contributed by atoms with Crippen molar-refractivity contribution in [3.05, 3.63) is 0 Å². The number of nitrogens with zero attached hydrogens (tertiary/aromatic N) is 3. The Kier molecular flexibility index (Phi) is 4.09. The Morgan fingerprint density at radius 3 is 2.29 bits per heavy atom. The van der Waals surface area contributed by atoms with E-state index in [0.29, 0.717) is 0 Å². The summed E-state index contributed by atoms with van der Waals surface area (Å²) in [7, 11) is 0. The molecule has 0 fully saturated rings. The summed E-state index contributed by atoms with van der Waals surface area (Å²) < 4.78 is 11.0. The maximum absolute atomic E-state index is 5.63. The smallest absolute Gasteiger partial charge is 0.324 e. The second-order valence-corrected chi connectivity index (χ2v) is 4.64. The Hall–Kier alpha value is -1.59. The van der Waals surface area contributed by atoms with Gasteiger partial charge >= 0.3 is 12.0 Å². The van der Waals surface area contributed by atoms with Crippen LogP contribution in [0.1, 0.15) is 41.0 Å². The quantitative estimate of drug-likeness (QED) is 0.845. The van der Waals surface area contributed by atoms with E-state index in [0.717, 1.165) is 6.42 Å². The molecule has 0 saturated carbocycles. The first-order chi connectivity index (χ1) is 7.82. The molecular weight excluding hydrogens is 220 g/mol. The molecule has 0 aliphatic carbocycles. The monoisotopic (exact) mass is 240 g/mol. The van der Waals surface area contributed by atoms with Gasteiger partial charge in [-0.1, -0.05) is 6.92 Å². The van der Waals surface area contributed by atoms with Gasteiger partial charge in [-0.3, -0.25) is 0 Å².